The topological polar surface area (TPSA) is 137 Å². The molecule has 0 spiro atoms. The zero-order valence-corrected chi connectivity index (χ0v) is 14.8. The Kier molecular flexibility index (Phi) is 5.32. The SMILES string of the molecule is COC(=O)c1ccc2c(c1)nc(NC(=O)c1cccc([N+](=O)[O-])c1)n2CCO. The number of hydrogen-bond acceptors (Lipinski definition) is 7. The van der Waals surface area contributed by atoms with Gasteiger partial charge in [-0.1, -0.05) is 6.07 Å². The van der Waals surface area contributed by atoms with Crippen LogP contribution in [0.2, 0.25) is 0 Å². The highest BCUT2D eigenvalue weighted by molar-refractivity contribution is 6.04. The molecule has 3 aromatic rings. The van der Waals surface area contributed by atoms with Crippen molar-refractivity contribution in [2.24, 2.45) is 0 Å². The predicted molar refractivity (Wildman–Crippen MR) is 99.2 cm³/mol. The molecular weight excluding hydrogens is 368 g/mol. The minimum atomic E-state index is -0.591. The van der Waals surface area contributed by atoms with Gasteiger partial charge in [-0.3, -0.25) is 20.2 Å². The second-order valence-electron chi connectivity index (χ2n) is 5.77. The molecule has 0 atom stereocenters. The number of nitro groups is 1. The first-order valence-corrected chi connectivity index (χ1v) is 8.20. The maximum absolute atomic E-state index is 12.5. The largest absolute Gasteiger partial charge is 0.465 e. The number of methoxy groups -OCH3 is 1. The van der Waals surface area contributed by atoms with Crippen LogP contribution in [0.25, 0.3) is 11.0 Å². The number of nitrogens with one attached hydrogen (secondary N) is 1. The Bertz CT molecular complexity index is 1080. The first-order chi connectivity index (χ1) is 13.4. The Balaban J connectivity index is 1.98. The van der Waals surface area contributed by atoms with E-state index < -0.39 is 16.8 Å². The number of amides is 1. The Labute approximate surface area is 158 Å². The quantitative estimate of drug-likeness (QED) is 0.377. The van der Waals surface area contributed by atoms with E-state index >= 15 is 0 Å². The van der Waals surface area contributed by atoms with Crippen molar-refractivity contribution >= 4 is 34.5 Å². The van der Waals surface area contributed by atoms with Crippen LogP contribution in [0, 0.1) is 10.1 Å². The van der Waals surface area contributed by atoms with Crippen molar-refractivity contribution in [3.63, 3.8) is 0 Å². The summed E-state index contributed by atoms with van der Waals surface area (Å²) in [5.41, 5.74) is 1.19. The van der Waals surface area contributed by atoms with Crippen molar-refractivity contribution in [1.29, 1.82) is 0 Å². The van der Waals surface area contributed by atoms with Gasteiger partial charge in [0.1, 0.15) is 0 Å². The van der Waals surface area contributed by atoms with E-state index in [9.17, 15) is 24.8 Å². The second-order valence-corrected chi connectivity index (χ2v) is 5.77. The molecule has 0 bridgehead atoms. The first kappa shape index (κ1) is 19.0. The Hall–Kier alpha value is -3.79. The fraction of sp³-hybridized carbons (Fsp3) is 0.167. The summed E-state index contributed by atoms with van der Waals surface area (Å²) in [6.45, 7) is -0.0531. The number of aromatic nitrogens is 2. The third kappa shape index (κ3) is 3.67. The molecule has 1 aromatic heterocycles. The lowest BCUT2D eigenvalue weighted by atomic mass is 10.2. The maximum Gasteiger partial charge on any atom is 0.337 e. The minimum absolute atomic E-state index is 0.0899. The van der Waals surface area contributed by atoms with Crippen molar-refractivity contribution in [2.75, 3.05) is 19.0 Å². The van der Waals surface area contributed by atoms with Crippen LogP contribution in [0.15, 0.2) is 42.5 Å². The Morgan fingerprint density at radius 2 is 2.04 bits per heavy atom. The number of aliphatic hydroxyl groups is 1. The molecule has 0 saturated heterocycles. The Morgan fingerprint density at radius 1 is 1.25 bits per heavy atom. The average molecular weight is 384 g/mol. The summed E-state index contributed by atoms with van der Waals surface area (Å²) in [6.07, 6.45) is 0. The standard InChI is InChI=1S/C18H16N4O6/c1-28-17(25)12-5-6-15-14(10-12)19-18(21(15)7-8-23)20-16(24)11-3-2-4-13(9-11)22(26)27/h2-6,9-10,23H,7-8H2,1H3,(H,19,20,24). The molecule has 2 N–H and O–H groups in total. The summed E-state index contributed by atoms with van der Waals surface area (Å²) in [4.78, 5) is 38.8. The van der Waals surface area contributed by atoms with Gasteiger partial charge in [0, 0.05) is 24.2 Å². The molecule has 2 aromatic carbocycles. The summed E-state index contributed by atoms with van der Waals surface area (Å²) in [5.74, 6) is -0.977. The number of nitro benzene ring substituents is 1. The van der Waals surface area contributed by atoms with E-state index in [2.05, 4.69) is 15.0 Å². The number of carbonyl (C=O) groups excluding carboxylic acids is 2. The number of carbonyl (C=O) groups is 2. The Morgan fingerprint density at radius 3 is 2.71 bits per heavy atom. The summed E-state index contributed by atoms with van der Waals surface area (Å²) in [5, 5.41) is 22.8. The van der Waals surface area contributed by atoms with Crippen LogP contribution in [-0.4, -0.2) is 45.2 Å². The van der Waals surface area contributed by atoms with E-state index in [0.29, 0.717) is 16.6 Å². The highest BCUT2D eigenvalue weighted by Crippen LogP contribution is 2.22. The molecule has 0 aliphatic rings. The number of esters is 1. The average Bonchev–Trinajstić information content (AvgIpc) is 3.04. The van der Waals surface area contributed by atoms with E-state index in [0.717, 1.165) is 6.07 Å². The van der Waals surface area contributed by atoms with E-state index in [1.807, 2.05) is 0 Å². The zero-order valence-electron chi connectivity index (χ0n) is 14.8. The molecule has 3 rings (SSSR count). The van der Waals surface area contributed by atoms with Gasteiger partial charge in [0.2, 0.25) is 5.95 Å². The zero-order chi connectivity index (χ0) is 20.3. The van der Waals surface area contributed by atoms with Gasteiger partial charge in [-0.25, -0.2) is 9.78 Å². The van der Waals surface area contributed by atoms with Crippen molar-refractivity contribution in [1.82, 2.24) is 9.55 Å². The van der Waals surface area contributed by atoms with E-state index in [-0.39, 0.29) is 30.4 Å². The van der Waals surface area contributed by atoms with Crippen LogP contribution in [0.4, 0.5) is 11.6 Å². The van der Waals surface area contributed by atoms with Crippen LogP contribution < -0.4 is 5.32 Å². The minimum Gasteiger partial charge on any atom is -0.465 e. The number of hydrogen-bond donors (Lipinski definition) is 2. The number of ether oxygens (including phenoxy) is 1. The molecule has 28 heavy (non-hydrogen) atoms. The van der Waals surface area contributed by atoms with Crippen molar-refractivity contribution in [3.05, 3.63) is 63.7 Å². The molecule has 0 unspecified atom stereocenters. The molecule has 0 aliphatic heterocycles. The molecular formula is C18H16N4O6. The van der Waals surface area contributed by atoms with Crippen LogP contribution in [0.5, 0.6) is 0 Å². The van der Waals surface area contributed by atoms with Gasteiger partial charge in [-0.2, -0.15) is 0 Å². The third-order valence-corrected chi connectivity index (χ3v) is 4.04. The van der Waals surface area contributed by atoms with Gasteiger partial charge in [0.05, 0.1) is 35.2 Å². The van der Waals surface area contributed by atoms with Crippen molar-refractivity contribution in [2.45, 2.75) is 6.54 Å². The number of rotatable bonds is 6. The third-order valence-electron chi connectivity index (χ3n) is 4.04. The lowest BCUT2D eigenvalue weighted by Gasteiger charge is -2.08. The number of imidazole rings is 1. The lowest BCUT2D eigenvalue weighted by molar-refractivity contribution is -0.384. The van der Waals surface area contributed by atoms with Crippen LogP contribution in [0.1, 0.15) is 20.7 Å². The molecule has 0 radical (unpaired) electrons. The van der Waals surface area contributed by atoms with E-state index in [1.54, 1.807) is 16.7 Å². The molecule has 1 heterocycles. The van der Waals surface area contributed by atoms with E-state index in [4.69, 9.17) is 0 Å². The molecule has 1 amide bonds. The summed E-state index contributed by atoms with van der Waals surface area (Å²) >= 11 is 0. The number of non-ortho nitro benzene ring substituents is 1. The van der Waals surface area contributed by atoms with Crippen molar-refractivity contribution < 1.29 is 24.4 Å². The van der Waals surface area contributed by atoms with Crippen LogP contribution in [-0.2, 0) is 11.3 Å². The summed E-state index contributed by atoms with van der Waals surface area (Å²) in [7, 11) is 1.27. The van der Waals surface area contributed by atoms with Crippen LogP contribution >= 0.6 is 0 Å². The fourth-order valence-electron chi connectivity index (χ4n) is 2.73. The maximum atomic E-state index is 12.5. The van der Waals surface area contributed by atoms with Gasteiger partial charge in [-0.15, -0.1) is 0 Å². The smallest absolute Gasteiger partial charge is 0.337 e. The normalized spacial score (nSPS) is 10.6. The molecule has 0 saturated carbocycles. The number of benzene rings is 2. The van der Waals surface area contributed by atoms with E-state index in [1.165, 1.54) is 31.4 Å². The van der Waals surface area contributed by atoms with Gasteiger partial charge < -0.3 is 14.4 Å². The highest BCUT2D eigenvalue weighted by Gasteiger charge is 2.17. The monoisotopic (exact) mass is 384 g/mol. The summed E-state index contributed by atoms with van der Waals surface area (Å²) in [6, 6.07) is 9.99. The second kappa shape index (κ2) is 7.84. The molecule has 144 valence electrons. The predicted octanol–water partition coefficient (Wildman–Crippen LogP) is 1.98. The fourth-order valence-corrected chi connectivity index (χ4v) is 2.73. The molecule has 0 aliphatic carbocycles. The number of aliphatic hydroxyl groups excluding tert-OH is 1. The number of anilines is 1. The van der Waals surface area contributed by atoms with Gasteiger partial charge in [0.25, 0.3) is 11.6 Å². The molecule has 10 nitrogen and oxygen atoms in total. The van der Waals surface area contributed by atoms with Gasteiger partial charge >= 0.3 is 5.97 Å². The molecule has 0 fully saturated rings. The van der Waals surface area contributed by atoms with Crippen LogP contribution in [0.3, 0.4) is 0 Å². The van der Waals surface area contributed by atoms with Gasteiger partial charge in [-0.05, 0) is 24.3 Å². The number of fused-ring (bicyclic) bond motifs is 1. The molecule has 10 heteroatoms. The number of nitrogens with zero attached hydrogens (tertiary/aromatic N) is 3. The van der Waals surface area contributed by atoms with Gasteiger partial charge in [0.15, 0.2) is 0 Å². The van der Waals surface area contributed by atoms with Crippen molar-refractivity contribution in [3.8, 4) is 0 Å². The first-order valence-electron chi connectivity index (χ1n) is 8.20. The summed E-state index contributed by atoms with van der Waals surface area (Å²) < 4.78 is 6.26. The lowest BCUT2D eigenvalue weighted by Crippen LogP contribution is -2.17. The highest BCUT2D eigenvalue weighted by atomic mass is 16.6.